The number of carbonyl (C=O) groups excluding carboxylic acids is 1. The second kappa shape index (κ2) is 5.82. The lowest BCUT2D eigenvalue weighted by Crippen LogP contribution is -2.60. The topological polar surface area (TPSA) is 55.6 Å². The van der Waals surface area contributed by atoms with Crippen LogP contribution in [0.3, 0.4) is 0 Å². The molecule has 0 radical (unpaired) electrons. The Balaban J connectivity index is 1.65. The van der Waals surface area contributed by atoms with Gasteiger partial charge in [0.25, 0.3) is 0 Å². The molecule has 1 aliphatic carbocycles. The Morgan fingerprint density at radius 3 is 2.84 bits per heavy atom. The molecule has 2 bridgehead atoms. The number of carbonyl (C=O) groups is 1. The molecular formula is C21H30N2O2. The number of primary amides is 1. The van der Waals surface area contributed by atoms with E-state index in [1.54, 1.807) is 0 Å². The van der Waals surface area contributed by atoms with Crippen molar-refractivity contribution in [3.8, 4) is 0 Å². The van der Waals surface area contributed by atoms with Gasteiger partial charge in [0.05, 0.1) is 5.60 Å². The van der Waals surface area contributed by atoms with E-state index >= 15 is 0 Å². The minimum Gasteiger partial charge on any atom is -0.374 e. The molecule has 2 heterocycles. The van der Waals surface area contributed by atoms with E-state index in [1.807, 2.05) is 6.07 Å². The van der Waals surface area contributed by atoms with Crippen molar-refractivity contribution < 1.29 is 9.53 Å². The van der Waals surface area contributed by atoms with Crippen molar-refractivity contribution in [1.82, 2.24) is 4.90 Å². The summed E-state index contributed by atoms with van der Waals surface area (Å²) in [4.78, 5) is 14.3. The number of amides is 1. The van der Waals surface area contributed by atoms with Crippen LogP contribution in [0.25, 0.3) is 0 Å². The molecule has 1 aromatic rings. The van der Waals surface area contributed by atoms with E-state index in [-0.39, 0.29) is 16.9 Å². The van der Waals surface area contributed by atoms with Crippen molar-refractivity contribution in [2.24, 2.45) is 11.7 Å². The summed E-state index contributed by atoms with van der Waals surface area (Å²) in [6.45, 7) is 10.1. The molecule has 4 nitrogen and oxygen atoms in total. The summed E-state index contributed by atoms with van der Waals surface area (Å²) in [5.74, 6) is 0.229. The third-order valence-electron chi connectivity index (χ3n) is 7.25. The molecule has 2 aliphatic heterocycles. The number of nitrogens with two attached hydrogens (primary N) is 1. The van der Waals surface area contributed by atoms with Gasteiger partial charge in [-0.05, 0) is 73.7 Å². The number of hydrogen-bond donors (Lipinski definition) is 1. The summed E-state index contributed by atoms with van der Waals surface area (Å²) in [6.07, 6.45) is 4.53. The zero-order chi connectivity index (χ0) is 17.8. The summed E-state index contributed by atoms with van der Waals surface area (Å²) < 4.78 is 6.06. The average molecular weight is 342 g/mol. The molecule has 2 saturated heterocycles. The average Bonchev–Trinajstić information content (AvgIpc) is 3.00. The van der Waals surface area contributed by atoms with Crippen molar-refractivity contribution in [3.05, 3.63) is 34.9 Å². The number of benzene rings is 1. The number of hydrogen-bond acceptors (Lipinski definition) is 3. The van der Waals surface area contributed by atoms with E-state index in [2.05, 4.69) is 37.8 Å². The van der Waals surface area contributed by atoms with Crippen LogP contribution in [0, 0.1) is 5.92 Å². The Hall–Kier alpha value is -1.39. The van der Waals surface area contributed by atoms with Crippen LogP contribution in [-0.4, -0.2) is 42.1 Å². The van der Waals surface area contributed by atoms with E-state index in [0.717, 1.165) is 32.5 Å². The second-order valence-electron chi connectivity index (χ2n) is 8.84. The highest BCUT2D eigenvalue weighted by Crippen LogP contribution is 2.49. The summed E-state index contributed by atoms with van der Waals surface area (Å²) in [6, 6.07) is 6.62. The van der Waals surface area contributed by atoms with Gasteiger partial charge >= 0.3 is 0 Å². The lowest BCUT2D eigenvalue weighted by atomic mass is 9.58. The Morgan fingerprint density at radius 1 is 1.36 bits per heavy atom. The Morgan fingerprint density at radius 2 is 2.16 bits per heavy atom. The fourth-order valence-corrected chi connectivity index (χ4v) is 5.45. The van der Waals surface area contributed by atoms with Gasteiger partial charge in [0, 0.05) is 24.8 Å². The van der Waals surface area contributed by atoms with E-state index in [0.29, 0.717) is 17.5 Å². The lowest BCUT2D eigenvalue weighted by molar-refractivity contribution is -0.0508. The largest absolute Gasteiger partial charge is 0.374 e. The van der Waals surface area contributed by atoms with Gasteiger partial charge in [0.15, 0.2) is 0 Å². The first-order chi connectivity index (χ1) is 11.8. The summed E-state index contributed by atoms with van der Waals surface area (Å²) in [5, 5.41) is 0. The number of piperidine rings is 1. The fraction of sp³-hybridized carbons (Fsp3) is 0.667. The van der Waals surface area contributed by atoms with Crippen molar-refractivity contribution in [2.45, 2.75) is 63.5 Å². The zero-order valence-electron chi connectivity index (χ0n) is 15.7. The van der Waals surface area contributed by atoms with Gasteiger partial charge in [-0.3, -0.25) is 9.69 Å². The fourth-order valence-electron chi connectivity index (χ4n) is 5.45. The molecule has 4 rings (SSSR count). The molecule has 1 amide bonds. The smallest absolute Gasteiger partial charge is 0.248 e. The quantitative estimate of drug-likeness (QED) is 0.919. The third kappa shape index (κ3) is 2.70. The molecule has 4 atom stereocenters. The Bertz CT molecular complexity index is 695. The molecule has 0 aromatic heterocycles. The van der Waals surface area contributed by atoms with E-state index in [9.17, 15) is 4.79 Å². The van der Waals surface area contributed by atoms with Gasteiger partial charge in [-0.1, -0.05) is 19.9 Å². The monoisotopic (exact) mass is 342 g/mol. The van der Waals surface area contributed by atoms with Crippen molar-refractivity contribution >= 4 is 5.91 Å². The van der Waals surface area contributed by atoms with Crippen LogP contribution in [0.2, 0.25) is 0 Å². The van der Waals surface area contributed by atoms with Crippen LogP contribution in [0.1, 0.15) is 61.5 Å². The zero-order valence-corrected chi connectivity index (χ0v) is 15.7. The predicted molar refractivity (Wildman–Crippen MR) is 98.7 cm³/mol. The predicted octanol–water partition coefficient (Wildman–Crippen LogP) is 2.88. The highest BCUT2D eigenvalue weighted by Gasteiger charge is 2.49. The molecular weight excluding hydrogens is 312 g/mol. The Labute approximate surface area is 150 Å². The van der Waals surface area contributed by atoms with E-state index < -0.39 is 0 Å². The molecule has 4 heteroatoms. The van der Waals surface area contributed by atoms with Crippen LogP contribution < -0.4 is 5.73 Å². The van der Waals surface area contributed by atoms with Crippen LogP contribution in [0.5, 0.6) is 0 Å². The third-order valence-corrected chi connectivity index (χ3v) is 7.25. The molecule has 0 saturated carbocycles. The SMILES string of the molecule is C[C@H]1[C@H]2Cc3ccc(C(N)=O)cc3[C@]1(C)CCN2C[C@@]1(C)CCCO1. The molecule has 3 aliphatic rings. The minimum atomic E-state index is -0.329. The minimum absolute atomic E-state index is 0.0174. The summed E-state index contributed by atoms with van der Waals surface area (Å²) in [7, 11) is 0. The first kappa shape index (κ1) is 17.0. The molecule has 1 aromatic carbocycles. The number of nitrogens with zero attached hydrogens (tertiary/aromatic N) is 1. The molecule has 0 spiro atoms. The Kier molecular flexibility index (Phi) is 3.97. The van der Waals surface area contributed by atoms with Crippen molar-refractivity contribution in [3.63, 3.8) is 0 Å². The lowest BCUT2D eigenvalue weighted by Gasteiger charge is -2.55. The van der Waals surface area contributed by atoms with Crippen LogP contribution in [0.15, 0.2) is 18.2 Å². The van der Waals surface area contributed by atoms with Gasteiger partial charge in [-0.25, -0.2) is 0 Å². The van der Waals surface area contributed by atoms with Gasteiger partial charge in [-0.2, -0.15) is 0 Å². The number of likely N-dealkylation sites (tertiary alicyclic amines) is 1. The number of ether oxygens (including phenoxy) is 1. The summed E-state index contributed by atoms with van der Waals surface area (Å²) in [5.41, 5.74) is 9.03. The van der Waals surface area contributed by atoms with Crippen LogP contribution >= 0.6 is 0 Å². The maximum atomic E-state index is 11.6. The first-order valence-corrected chi connectivity index (χ1v) is 9.64. The first-order valence-electron chi connectivity index (χ1n) is 9.64. The number of fused-ring (bicyclic) bond motifs is 4. The standard InChI is InChI=1S/C21H30N2O2/c1-14-18-12-15-5-6-16(19(22)24)11-17(15)21(14,3)8-9-23(18)13-20(2)7-4-10-25-20/h5-6,11,14,18H,4,7-10,12-13H2,1-3H3,(H2,22,24)/t14-,18+,20+,21+/m0/s1. The van der Waals surface area contributed by atoms with Crippen molar-refractivity contribution in [1.29, 1.82) is 0 Å². The number of rotatable bonds is 3. The van der Waals surface area contributed by atoms with Gasteiger partial charge < -0.3 is 10.5 Å². The maximum Gasteiger partial charge on any atom is 0.248 e. The molecule has 136 valence electrons. The van der Waals surface area contributed by atoms with Gasteiger partial charge in [0.1, 0.15) is 0 Å². The van der Waals surface area contributed by atoms with Crippen LogP contribution in [0.4, 0.5) is 0 Å². The highest BCUT2D eigenvalue weighted by atomic mass is 16.5. The van der Waals surface area contributed by atoms with E-state index in [4.69, 9.17) is 10.5 Å². The van der Waals surface area contributed by atoms with Crippen molar-refractivity contribution in [2.75, 3.05) is 19.7 Å². The molecule has 2 fully saturated rings. The van der Waals surface area contributed by atoms with Gasteiger partial charge in [-0.15, -0.1) is 0 Å². The normalized spacial score (nSPS) is 37.7. The molecule has 2 N–H and O–H groups in total. The second-order valence-corrected chi connectivity index (χ2v) is 8.84. The molecule has 25 heavy (non-hydrogen) atoms. The highest BCUT2D eigenvalue weighted by molar-refractivity contribution is 5.93. The van der Waals surface area contributed by atoms with E-state index in [1.165, 1.54) is 24.0 Å². The molecule has 0 unspecified atom stereocenters. The van der Waals surface area contributed by atoms with Crippen LogP contribution in [-0.2, 0) is 16.6 Å². The maximum absolute atomic E-state index is 11.6. The van der Waals surface area contributed by atoms with Gasteiger partial charge in [0.2, 0.25) is 5.91 Å². The summed E-state index contributed by atoms with van der Waals surface area (Å²) >= 11 is 0.